The van der Waals surface area contributed by atoms with Crippen molar-refractivity contribution >= 4 is 38.3 Å². The zero-order valence-corrected chi connectivity index (χ0v) is 12.7. The Hall–Kier alpha value is -1.09. The van der Waals surface area contributed by atoms with Gasteiger partial charge in [0.15, 0.2) is 10.7 Å². The molecule has 0 saturated carbocycles. The van der Waals surface area contributed by atoms with Crippen molar-refractivity contribution in [3.63, 3.8) is 0 Å². The lowest BCUT2D eigenvalue weighted by Crippen LogP contribution is -2.15. The SMILES string of the molecule is Cc1noc(C)c1S(=O)(=O)Nc1ccccc1I. The van der Waals surface area contributed by atoms with Gasteiger partial charge in [0.05, 0.1) is 5.69 Å². The second-order valence-corrected chi connectivity index (χ2v) is 6.52. The van der Waals surface area contributed by atoms with E-state index in [-0.39, 0.29) is 10.7 Å². The first-order chi connectivity index (χ1) is 8.42. The van der Waals surface area contributed by atoms with Crippen LogP contribution in [0.5, 0.6) is 0 Å². The van der Waals surface area contributed by atoms with E-state index in [9.17, 15) is 8.42 Å². The maximum Gasteiger partial charge on any atom is 0.267 e. The minimum Gasteiger partial charge on any atom is -0.360 e. The second-order valence-electron chi connectivity index (χ2n) is 3.74. The van der Waals surface area contributed by atoms with Crippen LogP contribution in [-0.2, 0) is 10.0 Å². The van der Waals surface area contributed by atoms with E-state index in [0.717, 1.165) is 3.57 Å². The summed E-state index contributed by atoms with van der Waals surface area (Å²) in [5.41, 5.74) is 0.893. The van der Waals surface area contributed by atoms with E-state index in [2.05, 4.69) is 32.5 Å². The van der Waals surface area contributed by atoms with Crippen LogP contribution in [0, 0.1) is 17.4 Å². The van der Waals surface area contributed by atoms with E-state index in [1.807, 2.05) is 12.1 Å². The zero-order valence-electron chi connectivity index (χ0n) is 9.77. The summed E-state index contributed by atoms with van der Waals surface area (Å²) >= 11 is 2.07. The predicted molar refractivity (Wildman–Crippen MR) is 75.9 cm³/mol. The average Bonchev–Trinajstić information content (AvgIpc) is 2.62. The highest BCUT2D eigenvalue weighted by molar-refractivity contribution is 14.1. The maximum absolute atomic E-state index is 12.2. The molecule has 1 aromatic carbocycles. The Bertz CT molecular complexity index is 660. The van der Waals surface area contributed by atoms with Gasteiger partial charge in [-0.05, 0) is 48.6 Å². The van der Waals surface area contributed by atoms with Gasteiger partial charge in [-0.2, -0.15) is 0 Å². The van der Waals surface area contributed by atoms with E-state index in [1.54, 1.807) is 26.0 Å². The van der Waals surface area contributed by atoms with E-state index in [4.69, 9.17) is 4.52 Å². The summed E-state index contributed by atoms with van der Waals surface area (Å²) in [6, 6.07) is 7.14. The molecular formula is C11H11IN2O3S. The van der Waals surface area contributed by atoms with Gasteiger partial charge in [-0.15, -0.1) is 0 Å². The molecule has 0 bridgehead atoms. The van der Waals surface area contributed by atoms with Crippen LogP contribution in [0.1, 0.15) is 11.5 Å². The number of aromatic nitrogens is 1. The summed E-state index contributed by atoms with van der Waals surface area (Å²) in [7, 11) is -3.66. The first kappa shape index (κ1) is 13.3. The lowest BCUT2D eigenvalue weighted by molar-refractivity contribution is 0.390. The normalized spacial score (nSPS) is 11.5. The summed E-state index contributed by atoms with van der Waals surface area (Å²) in [6.45, 7) is 3.17. The molecule has 0 spiro atoms. The number of rotatable bonds is 3. The quantitative estimate of drug-likeness (QED) is 0.834. The summed E-state index contributed by atoms with van der Waals surface area (Å²) < 4.78 is 32.7. The molecular weight excluding hydrogens is 367 g/mol. The first-order valence-electron chi connectivity index (χ1n) is 5.12. The molecule has 0 aliphatic heterocycles. The third-order valence-electron chi connectivity index (χ3n) is 2.35. The van der Waals surface area contributed by atoms with Crippen LogP contribution >= 0.6 is 22.6 Å². The van der Waals surface area contributed by atoms with Crippen molar-refractivity contribution in [3.05, 3.63) is 39.3 Å². The molecule has 1 N–H and O–H groups in total. The smallest absolute Gasteiger partial charge is 0.267 e. The molecule has 96 valence electrons. The van der Waals surface area contributed by atoms with Gasteiger partial charge in [0.1, 0.15) is 5.69 Å². The minimum atomic E-state index is -3.66. The van der Waals surface area contributed by atoms with Crippen LogP contribution in [0.2, 0.25) is 0 Å². The van der Waals surface area contributed by atoms with Gasteiger partial charge in [-0.25, -0.2) is 8.42 Å². The number of hydrogen-bond acceptors (Lipinski definition) is 4. The third-order valence-corrected chi connectivity index (χ3v) is 4.90. The van der Waals surface area contributed by atoms with Gasteiger partial charge in [-0.3, -0.25) is 4.72 Å². The summed E-state index contributed by atoms with van der Waals surface area (Å²) in [4.78, 5) is 0.0992. The Morgan fingerprint density at radius 2 is 1.94 bits per heavy atom. The van der Waals surface area contributed by atoms with Gasteiger partial charge in [0.25, 0.3) is 10.0 Å². The summed E-state index contributed by atoms with van der Waals surface area (Å²) in [6.07, 6.45) is 0. The van der Waals surface area contributed by atoms with Crippen molar-refractivity contribution in [2.75, 3.05) is 4.72 Å². The maximum atomic E-state index is 12.2. The average molecular weight is 378 g/mol. The molecule has 5 nitrogen and oxygen atoms in total. The molecule has 0 aliphatic rings. The Morgan fingerprint density at radius 1 is 1.28 bits per heavy atom. The fourth-order valence-corrected chi connectivity index (χ4v) is 3.71. The van der Waals surface area contributed by atoms with Crippen LogP contribution < -0.4 is 4.72 Å². The molecule has 0 saturated heterocycles. The van der Waals surface area contributed by atoms with Gasteiger partial charge in [0, 0.05) is 3.57 Å². The predicted octanol–water partition coefficient (Wildman–Crippen LogP) is 2.70. The molecule has 1 heterocycles. The van der Waals surface area contributed by atoms with E-state index < -0.39 is 10.0 Å². The number of anilines is 1. The number of benzene rings is 1. The Labute approximate surface area is 119 Å². The number of halogens is 1. The lowest BCUT2D eigenvalue weighted by Gasteiger charge is -2.08. The largest absolute Gasteiger partial charge is 0.360 e. The number of nitrogens with zero attached hydrogens (tertiary/aromatic N) is 1. The Kier molecular flexibility index (Phi) is 3.62. The third kappa shape index (κ3) is 2.51. The molecule has 0 amide bonds. The van der Waals surface area contributed by atoms with Crippen molar-refractivity contribution in [2.24, 2.45) is 0 Å². The van der Waals surface area contributed by atoms with Crippen molar-refractivity contribution in [1.29, 1.82) is 0 Å². The van der Waals surface area contributed by atoms with Gasteiger partial charge >= 0.3 is 0 Å². The van der Waals surface area contributed by atoms with Crippen LogP contribution in [0.15, 0.2) is 33.7 Å². The van der Waals surface area contributed by atoms with E-state index in [0.29, 0.717) is 11.4 Å². The number of aryl methyl sites for hydroxylation is 2. The van der Waals surface area contributed by atoms with Crippen molar-refractivity contribution < 1.29 is 12.9 Å². The number of para-hydroxylation sites is 1. The monoisotopic (exact) mass is 378 g/mol. The molecule has 0 fully saturated rings. The fourth-order valence-electron chi connectivity index (χ4n) is 1.60. The van der Waals surface area contributed by atoms with Gasteiger partial charge < -0.3 is 4.52 Å². The summed E-state index contributed by atoms with van der Waals surface area (Å²) in [5.74, 6) is 0.283. The highest BCUT2D eigenvalue weighted by atomic mass is 127. The van der Waals surface area contributed by atoms with Crippen molar-refractivity contribution in [1.82, 2.24) is 5.16 Å². The Morgan fingerprint density at radius 3 is 2.50 bits per heavy atom. The zero-order chi connectivity index (χ0) is 13.3. The van der Waals surface area contributed by atoms with Crippen LogP contribution in [0.3, 0.4) is 0 Å². The number of hydrogen-bond donors (Lipinski definition) is 1. The van der Waals surface area contributed by atoms with Crippen LogP contribution in [0.25, 0.3) is 0 Å². The van der Waals surface area contributed by atoms with Crippen molar-refractivity contribution in [3.8, 4) is 0 Å². The molecule has 0 unspecified atom stereocenters. The van der Waals surface area contributed by atoms with Crippen molar-refractivity contribution in [2.45, 2.75) is 18.7 Å². The molecule has 0 aliphatic carbocycles. The van der Waals surface area contributed by atoms with Crippen LogP contribution in [-0.4, -0.2) is 13.6 Å². The highest BCUT2D eigenvalue weighted by Gasteiger charge is 2.24. The molecule has 7 heteroatoms. The topological polar surface area (TPSA) is 72.2 Å². The van der Waals surface area contributed by atoms with Gasteiger partial charge in [0.2, 0.25) is 0 Å². The van der Waals surface area contributed by atoms with Crippen LogP contribution in [0.4, 0.5) is 5.69 Å². The fraction of sp³-hybridized carbons (Fsp3) is 0.182. The van der Waals surface area contributed by atoms with Gasteiger partial charge in [-0.1, -0.05) is 17.3 Å². The second kappa shape index (κ2) is 4.88. The van der Waals surface area contributed by atoms with E-state index >= 15 is 0 Å². The number of sulfonamides is 1. The van der Waals surface area contributed by atoms with E-state index in [1.165, 1.54) is 0 Å². The molecule has 18 heavy (non-hydrogen) atoms. The Balaban J connectivity index is 2.43. The lowest BCUT2D eigenvalue weighted by atomic mass is 10.3. The first-order valence-corrected chi connectivity index (χ1v) is 7.68. The molecule has 1 aromatic heterocycles. The number of nitrogens with one attached hydrogen (secondary N) is 1. The molecule has 0 atom stereocenters. The highest BCUT2D eigenvalue weighted by Crippen LogP contribution is 2.24. The minimum absolute atomic E-state index is 0.0992. The molecule has 0 radical (unpaired) electrons. The standard InChI is InChI=1S/C11H11IN2O3S/c1-7-11(8(2)17-13-7)18(15,16)14-10-6-4-3-5-9(10)12/h3-6,14H,1-2H3. The molecule has 2 rings (SSSR count). The molecule has 2 aromatic rings. The summed E-state index contributed by atoms with van der Waals surface area (Å²) in [5, 5.41) is 3.65.